The second-order valence-corrected chi connectivity index (χ2v) is 5.55. The Morgan fingerprint density at radius 2 is 1.86 bits per heavy atom. The third-order valence-electron chi connectivity index (χ3n) is 4.32. The Bertz CT molecular complexity index is 256. The smallest absolute Gasteiger partial charge is 0.323 e. The summed E-state index contributed by atoms with van der Waals surface area (Å²) in [6.07, 6.45) is 0.821. The van der Waals surface area contributed by atoms with Gasteiger partial charge in [0.15, 0.2) is 0 Å². The van der Waals surface area contributed by atoms with Gasteiger partial charge in [0.2, 0.25) is 0 Å². The molecule has 1 atom stereocenters. The van der Waals surface area contributed by atoms with Gasteiger partial charge in [-0.25, -0.2) is 0 Å². The minimum absolute atomic E-state index is 0.0685. The van der Waals surface area contributed by atoms with E-state index < -0.39 is 0 Å². The van der Waals surface area contributed by atoms with Crippen LogP contribution in [0.2, 0.25) is 0 Å². The summed E-state index contributed by atoms with van der Waals surface area (Å²) in [5.41, 5.74) is 0.575. The molecule has 0 aromatic carbocycles. The molecule has 1 aliphatic carbocycles. The van der Waals surface area contributed by atoms with Gasteiger partial charge in [-0.1, -0.05) is 27.7 Å². The highest BCUT2D eigenvalue weighted by molar-refractivity contribution is 5.77. The maximum atomic E-state index is 11.3. The number of carbonyl (C=O) groups excluding carboxylic acids is 1. The van der Waals surface area contributed by atoms with Crippen LogP contribution in [0.25, 0.3) is 0 Å². The van der Waals surface area contributed by atoms with E-state index in [1.54, 1.807) is 0 Å². The van der Waals surface area contributed by atoms with Crippen molar-refractivity contribution in [2.45, 2.75) is 46.2 Å². The van der Waals surface area contributed by atoms with E-state index in [2.05, 4.69) is 33.0 Å². The van der Waals surface area contributed by atoms with E-state index in [0.29, 0.717) is 12.6 Å². The van der Waals surface area contributed by atoms with Gasteiger partial charge in [-0.2, -0.15) is 0 Å². The lowest BCUT2D eigenvalue weighted by Gasteiger charge is -2.09. The average Bonchev–Trinajstić information content (AvgIpc) is 2.46. The molecular formula is C11H19NO2. The standard InChI is InChI=1S/C11H19NO2/c1-10(2)9(11(10,3)4)12-7-5-6-14-8(7)13/h7,9,12H,5-6H2,1-4H3. The summed E-state index contributed by atoms with van der Waals surface area (Å²) in [6.45, 7) is 9.54. The Labute approximate surface area is 85.2 Å². The summed E-state index contributed by atoms with van der Waals surface area (Å²) >= 11 is 0. The van der Waals surface area contributed by atoms with Crippen molar-refractivity contribution in [3.8, 4) is 0 Å². The van der Waals surface area contributed by atoms with Crippen LogP contribution in [0.15, 0.2) is 0 Å². The molecule has 3 nitrogen and oxygen atoms in total. The Morgan fingerprint density at radius 3 is 2.21 bits per heavy atom. The normalized spacial score (nSPS) is 34.3. The van der Waals surface area contributed by atoms with Crippen molar-refractivity contribution in [1.29, 1.82) is 0 Å². The molecule has 0 radical (unpaired) electrons. The second-order valence-electron chi connectivity index (χ2n) is 5.55. The Kier molecular flexibility index (Phi) is 1.94. The molecule has 1 heterocycles. The van der Waals surface area contributed by atoms with Crippen molar-refractivity contribution in [3.05, 3.63) is 0 Å². The molecule has 0 spiro atoms. The number of carbonyl (C=O) groups is 1. The number of rotatable bonds is 2. The van der Waals surface area contributed by atoms with Gasteiger partial charge >= 0.3 is 5.97 Å². The Morgan fingerprint density at radius 1 is 1.29 bits per heavy atom. The first-order valence-corrected chi connectivity index (χ1v) is 5.30. The molecule has 1 saturated carbocycles. The highest BCUT2D eigenvalue weighted by Gasteiger charge is 2.65. The van der Waals surface area contributed by atoms with E-state index in [9.17, 15) is 4.79 Å². The second kappa shape index (κ2) is 2.72. The molecule has 2 rings (SSSR count). The lowest BCUT2D eigenvalue weighted by molar-refractivity contribution is -0.139. The number of esters is 1. The third kappa shape index (κ3) is 1.18. The fraction of sp³-hybridized carbons (Fsp3) is 0.909. The molecule has 14 heavy (non-hydrogen) atoms. The lowest BCUT2D eigenvalue weighted by atomic mass is 10.0. The van der Waals surface area contributed by atoms with E-state index >= 15 is 0 Å². The minimum Gasteiger partial charge on any atom is -0.464 e. The predicted octanol–water partition coefficient (Wildman–Crippen LogP) is 1.33. The predicted molar refractivity (Wildman–Crippen MR) is 53.8 cm³/mol. The summed E-state index contributed by atoms with van der Waals surface area (Å²) in [6, 6.07) is 0.367. The van der Waals surface area contributed by atoms with Gasteiger partial charge in [0.05, 0.1) is 6.61 Å². The van der Waals surface area contributed by atoms with E-state index in [0.717, 1.165) is 6.42 Å². The highest BCUT2D eigenvalue weighted by atomic mass is 16.5. The molecule has 0 amide bonds. The first kappa shape index (κ1) is 9.97. The molecule has 1 N–H and O–H groups in total. The van der Waals surface area contributed by atoms with Crippen LogP contribution < -0.4 is 5.32 Å². The summed E-state index contributed by atoms with van der Waals surface area (Å²) in [4.78, 5) is 11.3. The molecule has 1 unspecified atom stereocenters. The molecule has 0 bridgehead atoms. The number of cyclic esters (lactones) is 1. The van der Waals surface area contributed by atoms with Crippen molar-refractivity contribution in [3.63, 3.8) is 0 Å². The van der Waals surface area contributed by atoms with Crippen LogP contribution in [-0.2, 0) is 9.53 Å². The van der Waals surface area contributed by atoms with Crippen molar-refractivity contribution >= 4 is 5.97 Å². The van der Waals surface area contributed by atoms with Gasteiger partial charge in [-0.15, -0.1) is 0 Å². The zero-order chi connectivity index (χ0) is 10.6. The van der Waals surface area contributed by atoms with Gasteiger partial charge in [-0.3, -0.25) is 4.79 Å². The number of ether oxygens (including phenoxy) is 1. The molecule has 1 saturated heterocycles. The fourth-order valence-electron chi connectivity index (χ4n) is 2.46. The van der Waals surface area contributed by atoms with Crippen LogP contribution in [0, 0.1) is 10.8 Å². The van der Waals surface area contributed by atoms with Crippen LogP contribution in [0.5, 0.6) is 0 Å². The highest BCUT2D eigenvalue weighted by Crippen LogP contribution is 2.62. The van der Waals surface area contributed by atoms with Crippen molar-refractivity contribution < 1.29 is 9.53 Å². The lowest BCUT2D eigenvalue weighted by Crippen LogP contribution is -2.37. The Balaban J connectivity index is 1.97. The molecular weight excluding hydrogens is 178 g/mol. The number of hydrogen-bond donors (Lipinski definition) is 1. The fourth-order valence-corrected chi connectivity index (χ4v) is 2.46. The van der Waals surface area contributed by atoms with Crippen LogP contribution >= 0.6 is 0 Å². The Hall–Kier alpha value is -0.570. The molecule has 0 aromatic rings. The summed E-state index contributed by atoms with van der Waals surface area (Å²) in [5, 5.41) is 3.41. The van der Waals surface area contributed by atoms with Gasteiger partial charge in [0.25, 0.3) is 0 Å². The van der Waals surface area contributed by atoms with Crippen molar-refractivity contribution in [2.24, 2.45) is 10.8 Å². The maximum absolute atomic E-state index is 11.3. The maximum Gasteiger partial charge on any atom is 0.323 e. The summed E-state index contributed by atoms with van der Waals surface area (Å²) in [7, 11) is 0. The molecule has 0 aromatic heterocycles. The van der Waals surface area contributed by atoms with E-state index in [1.165, 1.54) is 0 Å². The van der Waals surface area contributed by atoms with Gasteiger partial charge < -0.3 is 10.1 Å². The first-order valence-electron chi connectivity index (χ1n) is 5.30. The van der Waals surface area contributed by atoms with Gasteiger partial charge in [0, 0.05) is 12.5 Å². The van der Waals surface area contributed by atoms with Crippen LogP contribution in [-0.4, -0.2) is 24.7 Å². The van der Waals surface area contributed by atoms with Gasteiger partial charge in [0.1, 0.15) is 6.04 Å². The largest absolute Gasteiger partial charge is 0.464 e. The van der Waals surface area contributed by atoms with Crippen LogP contribution in [0.3, 0.4) is 0 Å². The SMILES string of the molecule is CC1(C)C(NC2CCOC2=O)C1(C)C. The minimum atomic E-state index is -0.0801. The molecule has 2 fully saturated rings. The van der Waals surface area contributed by atoms with E-state index in [4.69, 9.17) is 4.74 Å². The third-order valence-corrected chi connectivity index (χ3v) is 4.32. The zero-order valence-corrected chi connectivity index (χ0v) is 9.39. The summed E-state index contributed by atoms with van der Waals surface area (Å²) in [5.74, 6) is -0.0801. The van der Waals surface area contributed by atoms with Crippen LogP contribution in [0.1, 0.15) is 34.1 Å². The topological polar surface area (TPSA) is 38.3 Å². The molecule has 3 heteroatoms. The zero-order valence-electron chi connectivity index (χ0n) is 9.39. The number of nitrogens with one attached hydrogen (secondary N) is 1. The van der Waals surface area contributed by atoms with Crippen LogP contribution in [0.4, 0.5) is 0 Å². The van der Waals surface area contributed by atoms with Crippen molar-refractivity contribution in [2.75, 3.05) is 6.61 Å². The summed E-state index contributed by atoms with van der Waals surface area (Å²) < 4.78 is 4.93. The number of hydrogen-bond acceptors (Lipinski definition) is 3. The monoisotopic (exact) mass is 197 g/mol. The van der Waals surface area contributed by atoms with E-state index in [-0.39, 0.29) is 22.8 Å². The van der Waals surface area contributed by atoms with E-state index in [1.807, 2.05) is 0 Å². The van der Waals surface area contributed by atoms with Gasteiger partial charge in [-0.05, 0) is 10.8 Å². The molecule has 80 valence electrons. The first-order chi connectivity index (χ1) is 6.37. The molecule has 1 aliphatic heterocycles. The molecule has 2 aliphatic rings. The quantitative estimate of drug-likeness (QED) is 0.679. The van der Waals surface area contributed by atoms with Crippen molar-refractivity contribution in [1.82, 2.24) is 5.32 Å². The average molecular weight is 197 g/mol.